The van der Waals surface area contributed by atoms with Gasteiger partial charge in [0, 0.05) is 0 Å². The summed E-state index contributed by atoms with van der Waals surface area (Å²) < 4.78 is 0. The Morgan fingerprint density at radius 3 is 2.24 bits per heavy atom. The molecule has 1 saturated carbocycles. The van der Waals surface area contributed by atoms with Crippen LogP contribution in [0.5, 0.6) is 0 Å². The molecule has 0 aromatic heterocycles. The molecule has 0 radical (unpaired) electrons. The van der Waals surface area contributed by atoms with Crippen molar-refractivity contribution < 1.29 is 0 Å². The number of benzene rings is 1. The summed E-state index contributed by atoms with van der Waals surface area (Å²) in [6, 6.07) is 9.05. The van der Waals surface area contributed by atoms with E-state index in [4.69, 9.17) is 0 Å². The monoisotopic (exact) mass is 280 g/mol. The van der Waals surface area contributed by atoms with Crippen LogP contribution >= 0.6 is 0 Å². The zero-order valence-electron chi connectivity index (χ0n) is 13.4. The molecule has 0 N–H and O–H groups in total. The lowest BCUT2D eigenvalue weighted by atomic mass is 9.71. The SMILES string of the molecule is C=CC1CCC(C2CC=C(c3ccc(C)cc3)CC2)CC1. The van der Waals surface area contributed by atoms with Crippen LogP contribution < -0.4 is 0 Å². The van der Waals surface area contributed by atoms with Crippen molar-refractivity contribution in [3.63, 3.8) is 0 Å². The number of hydrogen-bond acceptors (Lipinski definition) is 0. The van der Waals surface area contributed by atoms with Gasteiger partial charge in [0.1, 0.15) is 0 Å². The molecule has 1 atom stereocenters. The minimum atomic E-state index is 0.795. The molecule has 1 aromatic rings. The molecule has 0 spiro atoms. The minimum absolute atomic E-state index is 0.795. The van der Waals surface area contributed by atoms with Gasteiger partial charge in [-0.3, -0.25) is 0 Å². The summed E-state index contributed by atoms with van der Waals surface area (Å²) in [4.78, 5) is 0. The molecule has 0 amide bonds. The zero-order valence-corrected chi connectivity index (χ0v) is 13.4. The molecule has 2 aliphatic carbocycles. The second kappa shape index (κ2) is 6.64. The second-order valence-electron chi connectivity index (χ2n) is 7.04. The van der Waals surface area contributed by atoms with Gasteiger partial charge >= 0.3 is 0 Å². The van der Waals surface area contributed by atoms with Crippen molar-refractivity contribution in [3.8, 4) is 0 Å². The van der Waals surface area contributed by atoms with Gasteiger partial charge in [0.25, 0.3) is 0 Å². The minimum Gasteiger partial charge on any atom is -0.103 e. The van der Waals surface area contributed by atoms with Crippen LogP contribution in [0.2, 0.25) is 0 Å². The molecule has 0 nitrogen and oxygen atoms in total. The van der Waals surface area contributed by atoms with Gasteiger partial charge in [-0.1, -0.05) is 42.0 Å². The Bertz CT molecular complexity index is 497. The van der Waals surface area contributed by atoms with Crippen LogP contribution in [-0.4, -0.2) is 0 Å². The van der Waals surface area contributed by atoms with E-state index in [9.17, 15) is 0 Å². The third-order valence-electron chi connectivity index (χ3n) is 5.69. The average Bonchev–Trinajstić information content (AvgIpc) is 2.56. The van der Waals surface area contributed by atoms with E-state index in [-0.39, 0.29) is 0 Å². The van der Waals surface area contributed by atoms with Crippen molar-refractivity contribution in [1.82, 2.24) is 0 Å². The molecule has 2 aliphatic rings. The molecule has 0 bridgehead atoms. The fourth-order valence-corrected chi connectivity index (χ4v) is 4.16. The van der Waals surface area contributed by atoms with Gasteiger partial charge < -0.3 is 0 Å². The van der Waals surface area contributed by atoms with Crippen LogP contribution in [0.1, 0.15) is 56.1 Å². The largest absolute Gasteiger partial charge is 0.103 e. The van der Waals surface area contributed by atoms with Gasteiger partial charge in [0.15, 0.2) is 0 Å². The summed E-state index contributed by atoms with van der Waals surface area (Å²) in [5, 5.41) is 0. The average molecular weight is 280 g/mol. The van der Waals surface area contributed by atoms with E-state index >= 15 is 0 Å². The summed E-state index contributed by atoms with van der Waals surface area (Å²) in [6.07, 6.45) is 14.3. The highest BCUT2D eigenvalue weighted by molar-refractivity contribution is 5.66. The second-order valence-corrected chi connectivity index (χ2v) is 7.04. The lowest BCUT2D eigenvalue weighted by Crippen LogP contribution is -2.22. The Hall–Kier alpha value is -1.30. The summed E-state index contributed by atoms with van der Waals surface area (Å²) in [5.41, 5.74) is 4.37. The van der Waals surface area contributed by atoms with Crippen LogP contribution in [0.3, 0.4) is 0 Å². The topological polar surface area (TPSA) is 0 Å². The van der Waals surface area contributed by atoms with Gasteiger partial charge in [0.2, 0.25) is 0 Å². The van der Waals surface area contributed by atoms with Crippen molar-refractivity contribution in [1.29, 1.82) is 0 Å². The maximum atomic E-state index is 3.96. The molecular formula is C21H28. The van der Waals surface area contributed by atoms with Crippen molar-refractivity contribution in [2.75, 3.05) is 0 Å². The highest BCUT2D eigenvalue weighted by Crippen LogP contribution is 2.41. The van der Waals surface area contributed by atoms with Gasteiger partial charge in [0.05, 0.1) is 0 Å². The fraction of sp³-hybridized carbons (Fsp3) is 0.524. The Morgan fingerprint density at radius 1 is 0.952 bits per heavy atom. The van der Waals surface area contributed by atoms with Gasteiger partial charge in [-0.2, -0.15) is 0 Å². The first-order valence-corrected chi connectivity index (χ1v) is 8.65. The Morgan fingerprint density at radius 2 is 1.67 bits per heavy atom. The first-order chi connectivity index (χ1) is 10.3. The van der Waals surface area contributed by atoms with Crippen molar-refractivity contribution in [3.05, 3.63) is 54.1 Å². The lowest BCUT2D eigenvalue weighted by molar-refractivity contribution is 0.212. The molecule has 1 unspecified atom stereocenters. The maximum Gasteiger partial charge on any atom is -0.0228 e. The van der Waals surface area contributed by atoms with E-state index in [0.717, 1.165) is 17.8 Å². The first-order valence-electron chi connectivity index (χ1n) is 8.65. The zero-order chi connectivity index (χ0) is 14.7. The number of rotatable bonds is 3. The van der Waals surface area contributed by atoms with Crippen LogP contribution in [0, 0.1) is 24.7 Å². The van der Waals surface area contributed by atoms with E-state index in [0.29, 0.717) is 0 Å². The van der Waals surface area contributed by atoms with Gasteiger partial charge in [-0.15, -0.1) is 6.58 Å². The Labute approximate surface area is 130 Å². The number of hydrogen-bond donors (Lipinski definition) is 0. The molecule has 0 aliphatic heterocycles. The standard InChI is InChI=1S/C21H28/c1-3-17-6-10-19(11-7-17)21-14-12-20(13-15-21)18-8-4-16(2)5-9-18/h3-5,8-9,12,17,19,21H,1,6-7,10-11,13-15H2,2H3. The van der Waals surface area contributed by atoms with E-state index in [1.807, 2.05) is 0 Å². The fourth-order valence-electron chi connectivity index (χ4n) is 4.16. The van der Waals surface area contributed by atoms with Crippen LogP contribution in [-0.2, 0) is 0 Å². The number of allylic oxidation sites excluding steroid dienone is 3. The molecule has 3 rings (SSSR count). The molecule has 112 valence electrons. The first kappa shape index (κ1) is 14.6. The summed E-state index contributed by atoms with van der Waals surface area (Å²) in [7, 11) is 0. The van der Waals surface area contributed by atoms with E-state index < -0.39 is 0 Å². The van der Waals surface area contributed by atoms with Crippen LogP contribution in [0.4, 0.5) is 0 Å². The van der Waals surface area contributed by atoms with E-state index in [1.54, 1.807) is 5.57 Å². The third kappa shape index (κ3) is 3.48. The quantitative estimate of drug-likeness (QED) is 0.581. The smallest absolute Gasteiger partial charge is 0.0228 e. The Balaban J connectivity index is 1.59. The van der Waals surface area contributed by atoms with Gasteiger partial charge in [-0.25, -0.2) is 0 Å². The number of aryl methyl sites for hydroxylation is 1. The predicted molar refractivity (Wildman–Crippen MR) is 92.1 cm³/mol. The van der Waals surface area contributed by atoms with Gasteiger partial charge in [-0.05, 0) is 80.8 Å². The van der Waals surface area contributed by atoms with E-state index in [2.05, 4.69) is 49.9 Å². The van der Waals surface area contributed by atoms with Crippen molar-refractivity contribution in [2.24, 2.45) is 17.8 Å². The molecular weight excluding hydrogens is 252 g/mol. The highest BCUT2D eigenvalue weighted by atomic mass is 14.3. The van der Waals surface area contributed by atoms with Crippen molar-refractivity contribution >= 4 is 5.57 Å². The highest BCUT2D eigenvalue weighted by Gasteiger charge is 2.27. The Kier molecular flexibility index (Phi) is 4.63. The molecule has 21 heavy (non-hydrogen) atoms. The predicted octanol–water partition coefficient (Wildman–Crippen LogP) is 6.17. The van der Waals surface area contributed by atoms with E-state index in [1.165, 1.54) is 56.1 Å². The maximum absolute atomic E-state index is 3.96. The van der Waals surface area contributed by atoms with Crippen molar-refractivity contribution in [2.45, 2.75) is 51.9 Å². The molecule has 1 fully saturated rings. The summed E-state index contributed by atoms with van der Waals surface area (Å²) in [6.45, 7) is 6.12. The molecule has 0 heteroatoms. The molecule has 1 aromatic carbocycles. The molecule has 0 heterocycles. The lowest BCUT2D eigenvalue weighted by Gasteiger charge is -2.34. The summed E-state index contributed by atoms with van der Waals surface area (Å²) in [5.74, 6) is 2.70. The summed E-state index contributed by atoms with van der Waals surface area (Å²) >= 11 is 0. The normalized spacial score (nSPS) is 29.8. The van der Waals surface area contributed by atoms with Crippen LogP contribution in [0.25, 0.3) is 5.57 Å². The third-order valence-corrected chi connectivity index (χ3v) is 5.69. The van der Waals surface area contributed by atoms with Crippen LogP contribution in [0.15, 0.2) is 43.0 Å². The molecule has 0 saturated heterocycles.